The van der Waals surface area contributed by atoms with E-state index in [4.69, 9.17) is 0 Å². The summed E-state index contributed by atoms with van der Waals surface area (Å²) in [7, 11) is 0. The number of amides is 3. The average molecular weight is 296 g/mol. The van der Waals surface area contributed by atoms with Gasteiger partial charge in [-0.3, -0.25) is 19.7 Å². The van der Waals surface area contributed by atoms with Crippen molar-refractivity contribution in [3.63, 3.8) is 0 Å². The number of hydrogen-bond donors (Lipinski definition) is 1. The van der Waals surface area contributed by atoms with E-state index in [0.29, 0.717) is 18.5 Å². The number of benzene rings is 1. The van der Waals surface area contributed by atoms with Gasteiger partial charge in [0.15, 0.2) is 0 Å². The summed E-state index contributed by atoms with van der Waals surface area (Å²) < 4.78 is 0. The van der Waals surface area contributed by atoms with Crippen LogP contribution in [-0.4, -0.2) is 28.7 Å². The topological polar surface area (TPSA) is 66.5 Å². The number of carbonyl (C=O) groups excluding carboxylic acids is 3. The lowest BCUT2D eigenvalue weighted by molar-refractivity contribution is -0.136. The fourth-order valence-corrected chi connectivity index (χ4v) is 2.91. The lowest BCUT2D eigenvalue weighted by Gasteiger charge is -2.29. The van der Waals surface area contributed by atoms with Gasteiger partial charge in [0, 0.05) is 18.5 Å². The first-order valence-electron chi connectivity index (χ1n) is 7.16. The van der Waals surface area contributed by atoms with E-state index in [1.807, 2.05) is 19.1 Å². The summed E-state index contributed by atoms with van der Waals surface area (Å²) in [6.07, 6.45) is 0.642. The second kappa shape index (κ2) is 5.28. The molecule has 0 unspecified atom stereocenters. The number of fused-ring (bicyclic) bond motifs is 1. The van der Waals surface area contributed by atoms with E-state index in [0.717, 1.165) is 16.7 Å². The third kappa shape index (κ3) is 2.26. The van der Waals surface area contributed by atoms with Crippen LogP contribution in [0, 0.1) is 0 Å². The Bertz CT molecular complexity index is 744. The summed E-state index contributed by atoms with van der Waals surface area (Å²) in [4.78, 5) is 37.2. The first-order valence-corrected chi connectivity index (χ1v) is 7.16. The summed E-state index contributed by atoms with van der Waals surface area (Å²) in [5.41, 5.74) is 6.22. The number of imide groups is 1. The summed E-state index contributed by atoms with van der Waals surface area (Å²) in [6.45, 7) is 5.92. The van der Waals surface area contributed by atoms with Crippen molar-refractivity contribution in [3.05, 3.63) is 47.2 Å². The Morgan fingerprint density at radius 2 is 2.14 bits per heavy atom. The van der Waals surface area contributed by atoms with Gasteiger partial charge in [0.1, 0.15) is 6.04 Å². The Balaban J connectivity index is 1.89. The molecule has 3 amide bonds. The van der Waals surface area contributed by atoms with Crippen LogP contribution in [-0.2, 0) is 16.1 Å². The number of rotatable bonds is 2. The fourth-order valence-electron chi connectivity index (χ4n) is 2.91. The largest absolute Gasteiger partial charge is 0.322 e. The Morgan fingerprint density at radius 3 is 2.82 bits per heavy atom. The Hall–Kier alpha value is -2.65. The molecular weight excluding hydrogens is 280 g/mol. The molecule has 0 saturated carbocycles. The summed E-state index contributed by atoms with van der Waals surface area (Å²) in [6, 6.07) is 5.00. The van der Waals surface area contributed by atoms with Crippen molar-refractivity contribution < 1.29 is 14.4 Å². The van der Waals surface area contributed by atoms with Crippen molar-refractivity contribution in [2.75, 3.05) is 0 Å². The zero-order chi connectivity index (χ0) is 15.9. The number of hydrogen-bond acceptors (Lipinski definition) is 3. The van der Waals surface area contributed by atoms with Crippen molar-refractivity contribution >= 4 is 23.3 Å². The van der Waals surface area contributed by atoms with E-state index in [1.165, 1.54) is 0 Å². The van der Waals surface area contributed by atoms with Crippen LogP contribution >= 0.6 is 0 Å². The van der Waals surface area contributed by atoms with Crippen LogP contribution < -0.4 is 5.32 Å². The predicted molar refractivity (Wildman–Crippen MR) is 80.7 cm³/mol. The average Bonchev–Trinajstić information content (AvgIpc) is 2.83. The van der Waals surface area contributed by atoms with Crippen molar-refractivity contribution in [1.82, 2.24) is 10.2 Å². The molecule has 1 atom stereocenters. The number of allylic oxidation sites excluding steroid dienone is 1. The highest BCUT2D eigenvalue weighted by molar-refractivity contribution is 6.05. The Labute approximate surface area is 128 Å². The van der Waals surface area contributed by atoms with Gasteiger partial charge in [-0.15, -0.1) is 5.73 Å². The number of carbonyl (C=O) groups is 3. The maximum atomic E-state index is 12.5. The lowest BCUT2D eigenvalue weighted by atomic mass is 10.0. The van der Waals surface area contributed by atoms with E-state index in [1.54, 1.807) is 11.0 Å². The highest BCUT2D eigenvalue weighted by atomic mass is 16.2. The summed E-state index contributed by atoms with van der Waals surface area (Å²) in [5, 5.41) is 2.30. The lowest BCUT2D eigenvalue weighted by Crippen LogP contribution is -2.52. The van der Waals surface area contributed by atoms with Gasteiger partial charge in [0.2, 0.25) is 11.8 Å². The molecule has 0 aliphatic carbocycles. The molecule has 1 saturated heterocycles. The third-order valence-corrected chi connectivity index (χ3v) is 4.22. The second-order valence-electron chi connectivity index (χ2n) is 5.57. The molecule has 5 heteroatoms. The monoisotopic (exact) mass is 296 g/mol. The van der Waals surface area contributed by atoms with Crippen LogP contribution in [0.3, 0.4) is 0 Å². The first kappa shape index (κ1) is 14.3. The summed E-state index contributed by atoms with van der Waals surface area (Å²) >= 11 is 0. The van der Waals surface area contributed by atoms with E-state index >= 15 is 0 Å². The quantitative estimate of drug-likeness (QED) is 0.666. The van der Waals surface area contributed by atoms with E-state index < -0.39 is 6.04 Å². The van der Waals surface area contributed by atoms with Gasteiger partial charge in [0.05, 0.1) is 0 Å². The van der Waals surface area contributed by atoms with Crippen LogP contribution in [0.25, 0.3) is 5.57 Å². The minimum atomic E-state index is -0.572. The molecule has 0 spiro atoms. The highest BCUT2D eigenvalue weighted by Gasteiger charge is 2.38. The van der Waals surface area contributed by atoms with Gasteiger partial charge < -0.3 is 4.90 Å². The molecule has 3 rings (SSSR count). The Morgan fingerprint density at radius 1 is 1.36 bits per heavy atom. The highest BCUT2D eigenvalue weighted by Crippen LogP contribution is 2.29. The van der Waals surface area contributed by atoms with Crippen LogP contribution in [0.15, 0.2) is 30.5 Å². The van der Waals surface area contributed by atoms with Crippen LogP contribution in [0.5, 0.6) is 0 Å². The van der Waals surface area contributed by atoms with Gasteiger partial charge in [-0.1, -0.05) is 12.6 Å². The SMILES string of the molecule is C=C=C(C)c1ccc2c(c1)CN([C@H]1CCC(=O)NC1=O)C2=O. The predicted octanol–water partition coefficient (Wildman–Crippen LogP) is 1.64. The zero-order valence-corrected chi connectivity index (χ0v) is 12.3. The summed E-state index contributed by atoms with van der Waals surface area (Å²) in [5.74, 6) is -0.824. The molecule has 1 N–H and O–H groups in total. The minimum absolute atomic E-state index is 0.156. The molecule has 112 valence electrons. The molecule has 5 nitrogen and oxygen atoms in total. The molecule has 0 bridgehead atoms. The zero-order valence-electron chi connectivity index (χ0n) is 12.3. The molecule has 2 aliphatic rings. The minimum Gasteiger partial charge on any atom is -0.322 e. The molecule has 0 radical (unpaired) electrons. The molecule has 2 heterocycles. The van der Waals surface area contributed by atoms with E-state index in [2.05, 4.69) is 17.6 Å². The van der Waals surface area contributed by atoms with Crippen LogP contribution in [0.2, 0.25) is 0 Å². The second-order valence-corrected chi connectivity index (χ2v) is 5.57. The molecule has 1 aromatic carbocycles. The third-order valence-electron chi connectivity index (χ3n) is 4.22. The fraction of sp³-hybridized carbons (Fsp3) is 0.294. The van der Waals surface area contributed by atoms with Gasteiger partial charge in [-0.2, -0.15) is 0 Å². The van der Waals surface area contributed by atoms with E-state index in [-0.39, 0.29) is 24.1 Å². The number of piperidine rings is 1. The van der Waals surface area contributed by atoms with Gasteiger partial charge in [-0.05, 0) is 42.2 Å². The smallest absolute Gasteiger partial charge is 0.255 e. The van der Waals surface area contributed by atoms with Crippen molar-refractivity contribution in [2.24, 2.45) is 0 Å². The van der Waals surface area contributed by atoms with Crippen molar-refractivity contribution in [3.8, 4) is 0 Å². The van der Waals surface area contributed by atoms with Crippen LogP contribution in [0.1, 0.15) is 41.3 Å². The Kier molecular flexibility index (Phi) is 3.43. The molecule has 2 aliphatic heterocycles. The molecular formula is C17H16N2O3. The van der Waals surface area contributed by atoms with Gasteiger partial charge in [0.25, 0.3) is 5.91 Å². The number of nitrogens with one attached hydrogen (secondary N) is 1. The molecule has 1 aromatic rings. The van der Waals surface area contributed by atoms with Crippen LogP contribution in [0.4, 0.5) is 0 Å². The van der Waals surface area contributed by atoms with Gasteiger partial charge >= 0.3 is 0 Å². The molecule has 1 fully saturated rings. The molecule has 22 heavy (non-hydrogen) atoms. The maximum absolute atomic E-state index is 12.5. The van der Waals surface area contributed by atoms with Crippen molar-refractivity contribution in [2.45, 2.75) is 32.4 Å². The van der Waals surface area contributed by atoms with Gasteiger partial charge in [-0.25, -0.2) is 0 Å². The van der Waals surface area contributed by atoms with E-state index in [9.17, 15) is 14.4 Å². The normalized spacial score (nSPS) is 20.5. The van der Waals surface area contributed by atoms with Crippen molar-refractivity contribution in [1.29, 1.82) is 0 Å². The first-order chi connectivity index (χ1) is 10.5. The number of nitrogens with zero attached hydrogens (tertiary/aromatic N) is 1. The molecule has 0 aromatic heterocycles. The standard InChI is InChI=1S/C17H16N2O3/c1-3-10(2)11-4-5-13-12(8-11)9-19(17(13)22)14-6-7-15(20)18-16(14)21/h4-5,8,14H,1,6-7,9H2,2H3,(H,18,20,21)/t14-/m0/s1. The maximum Gasteiger partial charge on any atom is 0.255 e.